The number of nitro benzene ring substituents is 1. The van der Waals surface area contributed by atoms with Crippen LogP contribution in [-0.2, 0) is 19.6 Å². The summed E-state index contributed by atoms with van der Waals surface area (Å²) in [5.74, 6) is 1.58. The van der Waals surface area contributed by atoms with E-state index in [0.717, 1.165) is 11.3 Å². The zero-order valence-electron chi connectivity index (χ0n) is 15.5. The Labute approximate surface area is 166 Å². The van der Waals surface area contributed by atoms with Crippen molar-refractivity contribution in [2.24, 2.45) is 0 Å². The first-order valence-electron chi connectivity index (χ1n) is 9.03. The third-order valence-electron chi connectivity index (χ3n) is 4.35. The molecule has 0 radical (unpaired) electrons. The SMILES string of the molecule is O=[N+]([O-])c1cccc(-c2noc(CN(Cc3ccccc3)Cc3ccco3)n2)c1. The molecule has 0 aliphatic heterocycles. The number of rotatable bonds is 8. The molecular weight excluding hydrogens is 372 g/mol. The molecule has 146 valence electrons. The molecule has 4 aromatic rings. The summed E-state index contributed by atoms with van der Waals surface area (Å²) in [5, 5.41) is 15.0. The number of non-ortho nitro benzene ring substituents is 1. The van der Waals surface area contributed by atoms with Gasteiger partial charge in [0.2, 0.25) is 11.7 Å². The molecule has 0 aliphatic rings. The molecule has 8 nitrogen and oxygen atoms in total. The number of nitro groups is 1. The molecule has 0 unspecified atom stereocenters. The van der Waals surface area contributed by atoms with Crippen molar-refractivity contribution in [3.05, 3.63) is 100 Å². The highest BCUT2D eigenvalue weighted by Gasteiger charge is 2.16. The average molecular weight is 390 g/mol. The maximum absolute atomic E-state index is 11.0. The fourth-order valence-corrected chi connectivity index (χ4v) is 3.02. The molecule has 0 saturated carbocycles. The van der Waals surface area contributed by atoms with Crippen LogP contribution < -0.4 is 0 Å². The van der Waals surface area contributed by atoms with Gasteiger partial charge in [-0.15, -0.1) is 0 Å². The van der Waals surface area contributed by atoms with Crippen LogP contribution in [0.4, 0.5) is 5.69 Å². The lowest BCUT2D eigenvalue weighted by Crippen LogP contribution is -2.22. The van der Waals surface area contributed by atoms with E-state index in [0.29, 0.717) is 36.9 Å². The van der Waals surface area contributed by atoms with Gasteiger partial charge in [0.1, 0.15) is 5.76 Å². The molecule has 0 spiro atoms. The van der Waals surface area contributed by atoms with Gasteiger partial charge in [-0.25, -0.2) is 0 Å². The van der Waals surface area contributed by atoms with E-state index < -0.39 is 4.92 Å². The Morgan fingerprint density at radius 3 is 2.59 bits per heavy atom. The second-order valence-electron chi connectivity index (χ2n) is 6.53. The fourth-order valence-electron chi connectivity index (χ4n) is 3.02. The topological polar surface area (TPSA) is 98.4 Å². The molecule has 2 aromatic carbocycles. The lowest BCUT2D eigenvalue weighted by atomic mass is 10.2. The predicted molar refractivity (Wildman–Crippen MR) is 104 cm³/mol. The molecule has 2 heterocycles. The van der Waals surface area contributed by atoms with Gasteiger partial charge in [-0.2, -0.15) is 4.98 Å². The summed E-state index contributed by atoms with van der Waals surface area (Å²) in [6, 6.07) is 20.0. The molecule has 8 heteroatoms. The van der Waals surface area contributed by atoms with Crippen molar-refractivity contribution in [1.29, 1.82) is 0 Å². The zero-order chi connectivity index (χ0) is 20.1. The molecule has 0 saturated heterocycles. The summed E-state index contributed by atoms with van der Waals surface area (Å²) in [6.45, 7) is 1.67. The molecule has 0 N–H and O–H groups in total. The molecule has 0 amide bonds. The molecule has 4 rings (SSSR count). The van der Waals surface area contributed by atoms with Crippen molar-refractivity contribution < 1.29 is 13.9 Å². The van der Waals surface area contributed by atoms with Gasteiger partial charge in [0.25, 0.3) is 5.69 Å². The Hall–Kier alpha value is -3.78. The molecule has 0 fully saturated rings. The first-order chi connectivity index (χ1) is 14.2. The van der Waals surface area contributed by atoms with Crippen molar-refractivity contribution in [2.75, 3.05) is 0 Å². The summed E-state index contributed by atoms with van der Waals surface area (Å²) < 4.78 is 10.9. The standard InChI is InChI=1S/C21H18N4O4/c26-25(27)18-9-4-8-17(12-18)21-22-20(29-23-21)15-24(14-19-10-5-11-28-19)13-16-6-2-1-3-7-16/h1-12H,13-15H2. The highest BCUT2D eigenvalue weighted by molar-refractivity contribution is 5.58. The van der Waals surface area contributed by atoms with Crippen LogP contribution in [0, 0.1) is 10.1 Å². The second kappa shape index (κ2) is 8.49. The smallest absolute Gasteiger partial charge is 0.270 e. The van der Waals surface area contributed by atoms with Crippen LogP contribution in [0.25, 0.3) is 11.4 Å². The van der Waals surface area contributed by atoms with Gasteiger partial charge < -0.3 is 8.94 Å². The van der Waals surface area contributed by atoms with Gasteiger partial charge >= 0.3 is 0 Å². The van der Waals surface area contributed by atoms with Gasteiger partial charge in [0, 0.05) is 24.2 Å². The third-order valence-corrected chi connectivity index (χ3v) is 4.35. The molecular formula is C21H18N4O4. The molecule has 0 atom stereocenters. The molecule has 0 aliphatic carbocycles. The van der Waals surface area contributed by atoms with Crippen LogP contribution in [0.3, 0.4) is 0 Å². The van der Waals surface area contributed by atoms with E-state index in [1.807, 2.05) is 30.3 Å². The molecule has 29 heavy (non-hydrogen) atoms. The lowest BCUT2D eigenvalue weighted by molar-refractivity contribution is -0.384. The molecule has 2 aromatic heterocycles. The maximum Gasteiger partial charge on any atom is 0.270 e. The largest absolute Gasteiger partial charge is 0.468 e. The van der Waals surface area contributed by atoms with E-state index in [2.05, 4.69) is 27.2 Å². The Morgan fingerprint density at radius 1 is 0.966 bits per heavy atom. The summed E-state index contributed by atoms with van der Waals surface area (Å²) >= 11 is 0. The zero-order valence-corrected chi connectivity index (χ0v) is 15.5. The normalized spacial score (nSPS) is 11.1. The number of hydrogen-bond donors (Lipinski definition) is 0. The minimum Gasteiger partial charge on any atom is -0.468 e. The van der Waals surface area contributed by atoms with Crippen LogP contribution >= 0.6 is 0 Å². The first-order valence-corrected chi connectivity index (χ1v) is 9.03. The predicted octanol–water partition coefficient (Wildman–Crippen LogP) is 4.44. The monoisotopic (exact) mass is 390 g/mol. The Bertz CT molecular complexity index is 1080. The van der Waals surface area contributed by atoms with E-state index in [-0.39, 0.29) is 5.69 Å². The van der Waals surface area contributed by atoms with Gasteiger partial charge in [-0.05, 0) is 17.7 Å². The summed E-state index contributed by atoms with van der Waals surface area (Å²) in [4.78, 5) is 17.1. The van der Waals surface area contributed by atoms with Gasteiger partial charge in [0.05, 0.1) is 24.3 Å². The number of furan rings is 1. The fraction of sp³-hybridized carbons (Fsp3) is 0.143. The van der Waals surface area contributed by atoms with Gasteiger partial charge in [-0.1, -0.05) is 47.6 Å². The highest BCUT2D eigenvalue weighted by atomic mass is 16.6. The quantitative estimate of drug-likeness (QED) is 0.324. The first kappa shape index (κ1) is 18.6. The minimum atomic E-state index is -0.449. The Kier molecular flexibility index (Phi) is 5.44. The van der Waals surface area contributed by atoms with Crippen molar-refractivity contribution in [3.8, 4) is 11.4 Å². The molecule has 0 bridgehead atoms. The van der Waals surface area contributed by atoms with Crippen molar-refractivity contribution in [2.45, 2.75) is 19.6 Å². The summed E-state index contributed by atoms with van der Waals surface area (Å²) in [5.41, 5.74) is 1.67. The van der Waals surface area contributed by atoms with Crippen molar-refractivity contribution in [3.63, 3.8) is 0 Å². The number of hydrogen-bond acceptors (Lipinski definition) is 7. The van der Waals surface area contributed by atoms with Gasteiger partial charge in [-0.3, -0.25) is 15.0 Å². The van der Waals surface area contributed by atoms with Crippen molar-refractivity contribution in [1.82, 2.24) is 15.0 Å². The van der Waals surface area contributed by atoms with Crippen LogP contribution in [0.1, 0.15) is 17.2 Å². The summed E-state index contributed by atoms with van der Waals surface area (Å²) in [6.07, 6.45) is 1.64. The van der Waals surface area contributed by atoms with Crippen LogP contribution in [0.2, 0.25) is 0 Å². The van der Waals surface area contributed by atoms with Crippen molar-refractivity contribution >= 4 is 5.69 Å². The van der Waals surface area contributed by atoms with E-state index in [4.69, 9.17) is 8.94 Å². The number of nitrogens with zero attached hydrogens (tertiary/aromatic N) is 4. The second-order valence-corrected chi connectivity index (χ2v) is 6.53. The van der Waals surface area contributed by atoms with Crippen LogP contribution in [0.5, 0.6) is 0 Å². The lowest BCUT2D eigenvalue weighted by Gasteiger charge is -2.19. The highest BCUT2D eigenvalue weighted by Crippen LogP contribution is 2.22. The Balaban J connectivity index is 1.53. The minimum absolute atomic E-state index is 0.0163. The van der Waals surface area contributed by atoms with Gasteiger partial charge in [0.15, 0.2) is 0 Å². The summed E-state index contributed by atoms with van der Waals surface area (Å²) in [7, 11) is 0. The van der Waals surface area contributed by atoms with E-state index in [1.165, 1.54) is 12.1 Å². The van der Waals surface area contributed by atoms with E-state index in [1.54, 1.807) is 18.4 Å². The van der Waals surface area contributed by atoms with Crippen LogP contribution in [0.15, 0.2) is 81.9 Å². The number of benzene rings is 2. The number of aromatic nitrogens is 2. The maximum atomic E-state index is 11.0. The Morgan fingerprint density at radius 2 is 1.83 bits per heavy atom. The van der Waals surface area contributed by atoms with E-state index >= 15 is 0 Å². The average Bonchev–Trinajstić information content (AvgIpc) is 3.41. The van der Waals surface area contributed by atoms with E-state index in [9.17, 15) is 10.1 Å². The third kappa shape index (κ3) is 4.74. The van der Waals surface area contributed by atoms with Crippen LogP contribution in [-0.4, -0.2) is 20.0 Å².